The number of carbonyl (C=O) groups excluding carboxylic acids is 2. The number of nitrogens with one attached hydrogen (secondary N) is 1. The van der Waals surface area contributed by atoms with E-state index in [1.807, 2.05) is 23.9 Å². The molecule has 1 atom stereocenters. The first kappa shape index (κ1) is 25.8. The molecule has 0 aromatic rings. The third-order valence-electron chi connectivity index (χ3n) is 5.23. The lowest BCUT2D eigenvalue weighted by atomic mass is 10.1. The van der Waals surface area contributed by atoms with Crippen LogP contribution < -0.4 is 5.32 Å². The van der Waals surface area contributed by atoms with Gasteiger partial charge in [-0.3, -0.25) is 9.59 Å². The number of likely N-dealkylation sites (tertiary alicyclic amines) is 1. The minimum atomic E-state index is -0.0376. The van der Waals surface area contributed by atoms with Gasteiger partial charge in [0.2, 0.25) is 11.8 Å². The first-order chi connectivity index (χ1) is 14.1. The molecule has 170 valence electrons. The second kappa shape index (κ2) is 16.6. The van der Waals surface area contributed by atoms with Crippen molar-refractivity contribution in [2.75, 3.05) is 73.9 Å². The molecule has 0 aromatic carbocycles. The molecule has 0 aliphatic carbocycles. The van der Waals surface area contributed by atoms with E-state index in [1.165, 1.54) is 12.8 Å². The van der Waals surface area contributed by atoms with Gasteiger partial charge in [-0.25, -0.2) is 0 Å². The van der Waals surface area contributed by atoms with Crippen molar-refractivity contribution in [1.29, 1.82) is 0 Å². The summed E-state index contributed by atoms with van der Waals surface area (Å²) in [4.78, 5) is 28.6. The van der Waals surface area contributed by atoms with Gasteiger partial charge in [-0.1, -0.05) is 12.8 Å². The third kappa shape index (κ3) is 11.5. The average molecular weight is 416 g/mol. The normalized spacial score (nSPS) is 16.4. The fraction of sp³-hybridized carbons (Fsp3) is 0.905. The highest BCUT2D eigenvalue weighted by molar-refractivity contribution is 5.80. The molecular formula is C21H41N3O5. The van der Waals surface area contributed by atoms with Crippen LogP contribution in [0.4, 0.5) is 0 Å². The Labute approximate surface area is 176 Å². The van der Waals surface area contributed by atoms with Crippen LogP contribution in [0.2, 0.25) is 0 Å². The summed E-state index contributed by atoms with van der Waals surface area (Å²) < 4.78 is 15.6. The number of hydrogen-bond donors (Lipinski definition) is 1. The van der Waals surface area contributed by atoms with Crippen LogP contribution in [0.5, 0.6) is 0 Å². The maximum Gasteiger partial charge on any atom is 0.248 e. The molecule has 1 N–H and O–H groups in total. The largest absolute Gasteiger partial charge is 0.382 e. The monoisotopic (exact) mass is 415 g/mol. The zero-order valence-corrected chi connectivity index (χ0v) is 18.6. The van der Waals surface area contributed by atoms with Crippen molar-refractivity contribution < 1.29 is 23.8 Å². The van der Waals surface area contributed by atoms with Gasteiger partial charge in [0, 0.05) is 39.7 Å². The van der Waals surface area contributed by atoms with E-state index in [1.54, 1.807) is 7.11 Å². The molecule has 1 unspecified atom stereocenters. The molecule has 0 saturated carbocycles. The van der Waals surface area contributed by atoms with Gasteiger partial charge in [-0.2, -0.15) is 0 Å². The standard InChI is InChI=1S/C21H41N3O5/c1-22-10-6-4-5-7-11-23(2)20(25)17-19-9-8-12-24(19)21(26)18-29-16-15-28-14-13-27-3/h19,22H,4-18H2,1-3H3. The number of nitrogens with zero attached hydrogens (tertiary/aromatic N) is 2. The van der Waals surface area contributed by atoms with Crippen molar-refractivity contribution in [2.24, 2.45) is 0 Å². The summed E-state index contributed by atoms with van der Waals surface area (Å²) in [6, 6.07) is -0.00497. The lowest BCUT2D eigenvalue weighted by Gasteiger charge is -2.26. The van der Waals surface area contributed by atoms with Crippen LogP contribution in [0.25, 0.3) is 0 Å². The summed E-state index contributed by atoms with van der Waals surface area (Å²) in [6.07, 6.45) is 6.76. The van der Waals surface area contributed by atoms with Crippen molar-refractivity contribution in [3.63, 3.8) is 0 Å². The second-order valence-corrected chi connectivity index (χ2v) is 7.58. The third-order valence-corrected chi connectivity index (χ3v) is 5.23. The highest BCUT2D eigenvalue weighted by Gasteiger charge is 2.31. The number of unbranched alkanes of at least 4 members (excludes halogenated alkanes) is 3. The molecule has 1 saturated heterocycles. The molecule has 1 fully saturated rings. The molecule has 1 aliphatic rings. The van der Waals surface area contributed by atoms with E-state index in [2.05, 4.69) is 5.32 Å². The van der Waals surface area contributed by atoms with Crippen LogP contribution in [-0.4, -0.2) is 102 Å². The molecular weight excluding hydrogens is 374 g/mol. The molecule has 1 aliphatic heterocycles. The van der Waals surface area contributed by atoms with Crippen molar-refractivity contribution in [2.45, 2.75) is 51.0 Å². The maximum absolute atomic E-state index is 12.5. The fourth-order valence-electron chi connectivity index (χ4n) is 3.47. The lowest BCUT2D eigenvalue weighted by Crippen LogP contribution is -2.41. The van der Waals surface area contributed by atoms with Crippen LogP contribution >= 0.6 is 0 Å². The van der Waals surface area contributed by atoms with E-state index < -0.39 is 0 Å². The molecule has 2 amide bonds. The summed E-state index contributed by atoms with van der Waals surface area (Å²) in [5, 5.41) is 3.15. The summed E-state index contributed by atoms with van der Waals surface area (Å²) in [5.41, 5.74) is 0. The number of hydrogen-bond acceptors (Lipinski definition) is 6. The molecule has 0 radical (unpaired) electrons. The van der Waals surface area contributed by atoms with Crippen LogP contribution in [-0.2, 0) is 23.8 Å². The number of methoxy groups -OCH3 is 1. The number of ether oxygens (including phenoxy) is 3. The average Bonchev–Trinajstić information content (AvgIpc) is 3.17. The maximum atomic E-state index is 12.5. The highest BCUT2D eigenvalue weighted by atomic mass is 16.5. The molecule has 1 rings (SSSR count). The van der Waals surface area contributed by atoms with Crippen LogP contribution in [0.3, 0.4) is 0 Å². The van der Waals surface area contributed by atoms with Crippen molar-refractivity contribution in [3.05, 3.63) is 0 Å². The molecule has 0 aromatic heterocycles. The van der Waals surface area contributed by atoms with E-state index in [0.29, 0.717) is 39.4 Å². The summed E-state index contributed by atoms with van der Waals surface area (Å²) in [7, 11) is 5.46. The minimum absolute atomic E-state index is 0.00497. The van der Waals surface area contributed by atoms with Crippen molar-refractivity contribution in [1.82, 2.24) is 15.1 Å². The van der Waals surface area contributed by atoms with Gasteiger partial charge in [0.15, 0.2) is 0 Å². The molecule has 8 nitrogen and oxygen atoms in total. The van der Waals surface area contributed by atoms with E-state index in [0.717, 1.165) is 38.8 Å². The molecule has 0 bridgehead atoms. The summed E-state index contributed by atoms with van der Waals surface area (Å²) in [6.45, 7) is 4.47. The van der Waals surface area contributed by atoms with Gasteiger partial charge in [0.25, 0.3) is 0 Å². The predicted molar refractivity (Wildman–Crippen MR) is 113 cm³/mol. The SMILES string of the molecule is CNCCCCCCN(C)C(=O)CC1CCCN1C(=O)COCCOCCOC. The number of carbonyl (C=O) groups is 2. The Hall–Kier alpha value is -1.22. The first-order valence-corrected chi connectivity index (χ1v) is 10.9. The zero-order valence-electron chi connectivity index (χ0n) is 18.6. The quantitative estimate of drug-likeness (QED) is 0.361. The van der Waals surface area contributed by atoms with Crippen LogP contribution in [0, 0.1) is 0 Å². The Morgan fingerprint density at radius 2 is 1.79 bits per heavy atom. The molecule has 8 heteroatoms. The van der Waals surface area contributed by atoms with E-state index >= 15 is 0 Å². The van der Waals surface area contributed by atoms with Gasteiger partial charge in [-0.15, -0.1) is 0 Å². The summed E-state index contributed by atoms with van der Waals surface area (Å²) in [5.74, 6) is 0.0850. The van der Waals surface area contributed by atoms with Gasteiger partial charge in [0.05, 0.1) is 26.4 Å². The van der Waals surface area contributed by atoms with E-state index in [4.69, 9.17) is 14.2 Å². The topological polar surface area (TPSA) is 80.3 Å². The molecule has 1 heterocycles. The van der Waals surface area contributed by atoms with Gasteiger partial charge in [0.1, 0.15) is 6.61 Å². The molecule has 29 heavy (non-hydrogen) atoms. The number of amides is 2. The Bertz CT molecular complexity index is 450. The number of rotatable bonds is 17. The van der Waals surface area contributed by atoms with Crippen molar-refractivity contribution >= 4 is 11.8 Å². The second-order valence-electron chi connectivity index (χ2n) is 7.58. The smallest absolute Gasteiger partial charge is 0.248 e. The Balaban J connectivity index is 2.21. The first-order valence-electron chi connectivity index (χ1n) is 10.9. The predicted octanol–water partition coefficient (Wildman–Crippen LogP) is 1.29. The lowest BCUT2D eigenvalue weighted by molar-refractivity contribution is -0.139. The fourth-order valence-corrected chi connectivity index (χ4v) is 3.47. The summed E-state index contributed by atoms with van der Waals surface area (Å²) >= 11 is 0. The van der Waals surface area contributed by atoms with Crippen LogP contribution in [0.15, 0.2) is 0 Å². The van der Waals surface area contributed by atoms with Crippen molar-refractivity contribution in [3.8, 4) is 0 Å². The minimum Gasteiger partial charge on any atom is -0.382 e. The Morgan fingerprint density at radius 1 is 1.07 bits per heavy atom. The van der Waals surface area contributed by atoms with E-state index in [-0.39, 0.29) is 24.5 Å². The Morgan fingerprint density at radius 3 is 2.55 bits per heavy atom. The van der Waals surface area contributed by atoms with Gasteiger partial charge < -0.3 is 29.3 Å². The zero-order chi connectivity index (χ0) is 21.3. The van der Waals surface area contributed by atoms with Gasteiger partial charge >= 0.3 is 0 Å². The van der Waals surface area contributed by atoms with Crippen LogP contribution in [0.1, 0.15) is 44.9 Å². The van der Waals surface area contributed by atoms with Gasteiger partial charge in [-0.05, 0) is 39.3 Å². The highest BCUT2D eigenvalue weighted by Crippen LogP contribution is 2.21. The van der Waals surface area contributed by atoms with E-state index in [9.17, 15) is 9.59 Å². The Kier molecular flexibility index (Phi) is 14.7. The molecule has 0 spiro atoms.